The third-order valence-electron chi connectivity index (χ3n) is 2.84. The van der Waals surface area contributed by atoms with Crippen LogP contribution in [0.15, 0.2) is 24.3 Å². The molecule has 1 aromatic rings. The van der Waals surface area contributed by atoms with Gasteiger partial charge in [0.1, 0.15) is 0 Å². The second-order valence-corrected chi connectivity index (χ2v) is 6.26. The lowest BCUT2D eigenvalue weighted by molar-refractivity contribution is -0.132. The highest BCUT2D eigenvalue weighted by Gasteiger charge is 2.38. The van der Waals surface area contributed by atoms with E-state index in [4.69, 9.17) is 4.74 Å². The Morgan fingerprint density at radius 1 is 1.33 bits per heavy atom. The van der Waals surface area contributed by atoms with Crippen molar-refractivity contribution >= 4 is 15.9 Å². The van der Waals surface area contributed by atoms with E-state index in [1.165, 1.54) is 4.72 Å². The Bertz CT molecular complexity index is 642. The topological polar surface area (TPSA) is 72.5 Å². The van der Waals surface area contributed by atoms with E-state index in [2.05, 4.69) is 0 Å². The number of carbonyl (C=O) groups excluding carboxylic acids is 1. The van der Waals surface area contributed by atoms with Gasteiger partial charge in [0, 0.05) is 0 Å². The molecule has 0 saturated heterocycles. The van der Waals surface area contributed by atoms with Crippen LogP contribution in [-0.4, -0.2) is 32.9 Å². The molecule has 5 nitrogen and oxygen atoms in total. The highest BCUT2D eigenvalue weighted by molar-refractivity contribution is 7.90. The van der Waals surface area contributed by atoms with E-state index in [0.29, 0.717) is 12.0 Å². The number of nitrogens with one attached hydrogen (secondary N) is 1. The molecule has 1 aliphatic heterocycles. The number of ether oxygens (including phenoxy) is 1. The van der Waals surface area contributed by atoms with Gasteiger partial charge < -0.3 is 4.74 Å². The molecule has 0 saturated carbocycles. The van der Waals surface area contributed by atoms with Crippen LogP contribution >= 0.6 is 0 Å². The van der Waals surface area contributed by atoms with E-state index in [0.717, 1.165) is 5.56 Å². The molecule has 0 aromatic heterocycles. The maximum Gasteiger partial charge on any atom is 0.404 e. The van der Waals surface area contributed by atoms with Crippen LogP contribution in [0.25, 0.3) is 0 Å². The van der Waals surface area contributed by atoms with E-state index in [9.17, 15) is 26.4 Å². The Labute approximate surface area is 119 Å². The van der Waals surface area contributed by atoms with Gasteiger partial charge in [-0.25, -0.2) is 8.42 Å². The largest absolute Gasteiger partial charge is 0.404 e. The van der Waals surface area contributed by atoms with Gasteiger partial charge >= 0.3 is 6.18 Å². The van der Waals surface area contributed by atoms with Crippen molar-refractivity contribution in [3.05, 3.63) is 35.4 Å². The molecule has 0 fully saturated rings. The fraction of sp³-hybridized carbons (Fsp3) is 0.417. The van der Waals surface area contributed by atoms with E-state index >= 15 is 0 Å². The SMILES string of the molecule is O=C(NS(=O)(=O)CC(F)(F)F)[C@H]1OCCc2ccccc21. The molecule has 2 rings (SSSR count). The minimum absolute atomic E-state index is 0.189. The zero-order valence-corrected chi connectivity index (χ0v) is 11.5. The van der Waals surface area contributed by atoms with Crippen LogP contribution in [0.2, 0.25) is 0 Å². The molecule has 0 unspecified atom stereocenters. The van der Waals surface area contributed by atoms with Crippen molar-refractivity contribution in [3.63, 3.8) is 0 Å². The number of rotatable bonds is 3. The van der Waals surface area contributed by atoms with Crippen LogP contribution in [0.4, 0.5) is 13.2 Å². The Morgan fingerprint density at radius 3 is 2.67 bits per heavy atom. The lowest BCUT2D eigenvalue weighted by Gasteiger charge is -2.25. The Kier molecular flexibility index (Phi) is 4.24. The van der Waals surface area contributed by atoms with Crippen molar-refractivity contribution in [2.24, 2.45) is 0 Å². The predicted octanol–water partition coefficient (Wildman–Crippen LogP) is 1.31. The molecule has 21 heavy (non-hydrogen) atoms. The van der Waals surface area contributed by atoms with Crippen molar-refractivity contribution in [1.82, 2.24) is 4.72 Å². The molecule has 1 aliphatic rings. The summed E-state index contributed by atoms with van der Waals surface area (Å²) in [7, 11) is -4.79. The number of benzene rings is 1. The zero-order valence-electron chi connectivity index (χ0n) is 10.7. The third-order valence-corrected chi connectivity index (χ3v) is 4.06. The van der Waals surface area contributed by atoms with Crippen LogP contribution < -0.4 is 4.72 Å². The molecule has 0 spiro atoms. The quantitative estimate of drug-likeness (QED) is 0.910. The highest BCUT2D eigenvalue weighted by Crippen LogP contribution is 2.27. The molecule has 9 heteroatoms. The lowest BCUT2D eigenvalue weighted by atomic mass is 9.97. The minimum Gasteiger partial charge on any atom is -0.363 e. The number of halogens is 3. The van der Waals surface area contributed by atoms with Gasteiger partial charge in [-0.2, -0.15) is 13.2 Å². The lowest BCUT2D eigenvalue weighted by Crippen LogP contribution is -2.41. The van der Waals surface area contributed by atoms with Gasteiger partial charge in [0.25, 0.3) is 5.91 Å². The molecule has 116 valence electrons. The van der Waals surface area contributed by atoms with Crippen LogP contribution in [-0.2, 0) is 26.0 Å². The van der Waals surface area contributed by atoms with Gasteiger partial charge in [-0.1, -0.05) is 24.3 Å². The van der Waals surface area contributed by atoms with Gasteiger partial charge in [0.2, 0.25) is 10.0 Å². The minimum atomic E-state index is -4.92. The third kappa shape index (κ3) is 4.18. The number of amides is 1. The Morgan fingerprint density at radius 2 is 2.00 bits per heavy atom. The van der Waals surface area contributed by atoms with Gasteiger partial charge in [0.15, 0.2) is 11.9 Å². The van der Waals surface area contributed by atoms with E-state index < -0.39 is 34.0 Å². The molecule has 1 atom stereocenters. The normalized spacial score (nSPS) is 18.9. The first kappa shape index (κ1) is 15.8. The number of alkyl halides is 3. The number of hydrogen-bond acceptors (Lipinski definition) is 4. The summed E-state index contributed by atoms with van der Waals surface area (Å²) in [5.74, 6) is -3.23. The summed E-state index contributed by atoms with van der Waals surface area (Å²) in [4.78, 5) is 11.9. The summed E-state index contributed by atoms with van der Waals surface area (Å²) < 4.78 is 65.6. The highest BCUT2D eigenvalue weighted by atomic mass is 32.2. The van der Waals surface area contributed by atoms with Crippen molar-refractivity contribution in [1.29, 1.82) is 0 Å². The maximum absolute atomic E-state index is 12.1. The first-order valence-corrected chi connectivity index (χ1v) is 7.64. The molecule has 0 aliphatic carbocycles. The first-order chi connectivity index (χ1) is 9.68. The molecule has 0 radical (unpaired) electrons. The average Bonchev–Trinajstić information content (AvgIpc) is 2.34. The number of carbonyl (C=O) groups is 1. The molecule has 0 bridgehead atoms. The predicted molar refractivity (Wildman–Crippen MR) is 66.8 cm³/mol. The summed E-state index contributed by atoms with van der Waals surface area (Å²) >= 11 is 0. The molecule has 1 N–H and O–H groups in total. The van der Waals surface area contributed by atoms with E-state index in [1.807, 2.05) is 0 Å². The molecular formula is C12H12F3NO4S. The standard InChI is InChI=1S/C12H12F3NO4S/c13-12(14,15)7-21(18,19)16-11(17)10-9-4-2-1-3-8(9)5-6-20-10/h1-4,10H,5-7H2,(H,16,17)/t10-/m0/s1. The van der Waals surface area contributed by atoms with Crippen LogP contribution in [0, 0.1) is 0 Å². The van der Waals surface area contributed by atoms with Crippen LogP contribution in [0.5, 0.6) is 0 Å². The first-order valence-electron chi connectivity index (χ1n) is 5.98. The Balaban J connectivity index is 2.15. The molecular weight excluding hydrogens is 311 g/mol. The molecule has 1 amide bonds. The van der Waals surface area contributed by atoms with Gasteiger partial charge in [-0.3, -0.25) is 9.52 Å². The number of sulfonamides is 1. The summed E-state index contributed by atoms with van der Waals surface area (Å²) in [5.41, 5.74) is 1.26. The summed E-state index contributed by atoms with van der Waals surface area (Å²) in [6.07, 6.45) is -5.59. The number of fused-ring (bicyclic) bond motifs is 1. The zero-order chi connectivity index (χ0) is 15.7. The van der Waals surface area contributed by atoms with Crippen molar-refractivity contribution in [3.8, 4) is 0 Å². The second kappa shape index (κ2) is 5.64. The maximum atomic E-state index is 12.1. The van der Waals surface area contributed by atoms with Crippen LogP contribution in [0.1, 0.15) is 17.2 Å². The number of hydrogen-bond donors (Lipinski definition) is 1. The van der Waals surface area contributed by atoms with Gasteiger partial charge in [-0.15, -0.1) is 0 Å². The van der Waals surface area contributed by atoms with Crippen molar-refractivity contribution in [2.45, 2.75) is 18.7 Å². The molecule has 1 aromatic carbocycles. The smallest absolute Gasteiger partial charge is 0.363 e. The van der Waals surface area contributed by atoms with Gasteiger partial charge in [-0.05, 0) is 17.5 Å². The summed E-state index contributed by atoms with van der Waals surface area (Å²) in [6.45, 7) is 0.189. The van der Waals surface area contributed by atoms with E-state index in [1.54, 1.807) is 24.3 Å². The van der Waals surface area contributed by atoms with Gasteiger partial charge in [0.05, 0.1) is 6.61 Å². The summed E-state index contributed by atoms with van der Waals surface area (Å²) in [5, 5.41) is 0. The average molecular weight is 323 g/mol. The molecule has 1 heterocycles. The fourth-order valence-corrected chi connectivity index (χ4v) is 2.99. The Hall–Kier alpha value is -1.61. The fourth-order valence-electron chi connectivity index (χ4n) is 2.07. The monoisotopic (exact) mass is 323 g/mol. The van der Waals surface area contributed by atoms with Crippen molar-refractivity contribution < 1.29 is 31.1 Å². The van der Waals surface area contributed by atoms with Crippen molar-refractivity contribution in [2.75, 3.05) is 12.4 Å². The summed E-state index contributed by atoms with van der Waals surface area (Å²) in [6, 6.07) is 6.72. The second-order valence-electron chi connectivity index (χ2n) is 4.54. The van der Waals surface area contributed by atoms with E-state index in [-0.39, 0.29) is 6.61 Å². The van der Waals surface area contributed by atoms with Crippen LogP contribution in [0.3, 0.4) is 0 Å².